The van der Waals surface area contributed by atoms with Crippen LogP contribution in [0.15, 0.2) is 58.5 Å². The van der Waals surface area contributed by atoms with Gasteiger partial charge in [0.2, 0.25) is 6.79 Å². The molecule has 0 spiro atoms. The molecule has 5 nitrogen and oxygen atoms in total. The second kappa shape index (κ2) is 6.41. The van der Waals surface area contributed by atoms with Gasteiger partial charge in [-0.05, 0) is 41.8 Å². The van der Waals surface area contributed by atoms with E-state index >= 15 is 0 Å². The SMILES string of the molecule is O=C(NC[C@@H](c1ccco1)c1cccs1)c1ccc2c(c1)OCO2. The number of furan rings is 1. The molecular formula is C18H15NO4S. The van der Waals surface area contributed by atoms with E-state index in [9.17, 15) is 4.79 Å². The minimum Gasteiger partial charge on any atom is -0.469 e. The molecule has 0 fully saturated rings. The van der Waals surface area contributed by atoms with E-state index in [-0.39, 0.29) is 18.6 Å². The van der Waals surface area contributed by atoms with Crippen LogP contribution in [0.5, 0.6) is 11.5 Å². The van der Waals surface area contributed by atoms with E-state index in [4.69, 9.17) is 13.9 Å². The molecule has 1 aliphatic heterocycles. The lowest BCUT2D eigenvalue weighted by molar-refractivity contribution is 0.0951. The topological polar surface area (TPSA) is 60.7 Å². The molecule has 1 atom stereocenters. The molecule has 0 aliphatic carbocycles. The molecule has 0 saturated carbocycles. The van der Waals surface area contributed by atoms with Crippen molar-refractivity contribution in [2.24, 2.45) is 0 Å². The summed E-state index contributed by atoms with van der Waals surface area (Å²) in [4.78, 5) is 13.6. The molecular weight excluding hydrogens is 326 g/mol. The van der Waals surface area contributed by atoms with Crippen LogP contribution >= 0.6 is 11.3 Å². The van der Waals surface area contributed by atoms with Gasteiger partial charge in [0.05, 0.1) is 12.2 Å². The predicted molar refractivity (Wildman–Crippen MR) is 89.8 cm³/mol. The highest BCUT2D eigenvalue weighted by Crippen LogP contribution is 2.32. The van der Waals surface area contributed by atoms with E-state index in [2.05, 4.69) is 5.32 Å². The fourth-order valence-corrected chi connectivity index (χ4v) is 3.49. The maximum atomic E-state index is 12.5. The smallest absolute Gasteiger partial charge is 0.251 e. The quantitative estimate of drug-likeness (QED) is 0.770. The Balaban J connectivity index is 1.49. The molecule has 1 amide bonds. The number of hydrogen-bond donors (Lipinski definition) is 1. The van der Waals surface area contributed by atoms with Crippen molar-refractivity contribution in [2.45, 2.75) is 5.92 Å². The minimum atomic E-state index is -0.151. The van der Waals surface area contributed by atoms with Crippen molar-refractivity contribution in [2.75, 3.05) is 13.3 Å². The van der Waals surface area contributed by atoms with E-state index in [0.29, 0.717) is 23.6 Å². The Morgan fingerprint density at radius 3 is 2.88 bits per heavy atom. The van der Waals surface area contributed by atoms with Gasteiger partial charge in [-0.15, -0.1) is 11.3 Å². The summed E-state index contributed by atoms with van der Waals surface area (Å²) in [5.74, 6) is 1.95. The van der Waals surface area contributed by atoms with E-state index in [1.165, 1.54) is 0 Å². The Morgan fingerprint density at radius 1 is 1.17 bits per heavy atom. The molecule has 1 aromatic carbocycles. The lowest BCUT2D eigenvalue weighted by Crippen LogP contribution is -2.28. The van der Waals surface area contributed by atoms with Gasteiger partial charge < -0.3 is 19.2 Å². The van der Waals surface area contributed by atoms with Crippen LogP contribution in [0, 0.1) is 0 Å². The van der Waals surface area contributed by atoms with Crippen molar-refractivity contribution >= 4 is 17.2 Å². The Labute approximate surface area is 142 Å². The summed E-state index contributed by atoms with van der Waals surface area (Å²) in [5.41, 5.74) is 0.545. The van der Waals surface area contributed by atoms with Crippen LogP contribution < -0.4 is 14.8 Å². The van der Waals surface area contributed by atoms with Gasteiger partial charge in [-0.2, -0.15) is 0 Å². The molecule has 1 N–H and O–H groups in total. The summed E-state index contributed by atoms with van der Waals surface area (Å²) < 4.78 is 16.1. The Morgan fingerprint density at radius 2 is 2.08 bits per heavy atom. The van der Waals surface area contributed by atoms with Gasteiger partial charge in [0.25, 0.3) is 5.91 Å². The van der Waals surface area contributed by atoms with Crippen LogP contribution in [0.25, 0.3) is 0 Å². The normalized spacial score (nSPS) is 13.7. The number of hydrogen-bond acceptors (Lipinski definition) is 5. The molecule has 6 heteroatoms. The van der Waals surface area contributed by atoms with Gasteiger partial charge >= 0.3 is 0 Å². The number of carbonyl (C=O) groups is 1. The number of thiophene rings is 1. The molecule has 4 rings (SSSR count). The average Bonchev–Trinajstić information content (AvgIpc) is 3.36. The van der Waals surface area contributed by atoms with E-state index < -0.39 is 0 Å². The minimum absolute atomic E-state index is 0.00189. The van der Waals surface area contributed by atoms with Crippen LogP contribution in [0.4, 0.5) is 0 Å². The highest BCUT2D eigenvalue weighted by molar-refractivity contribution is 7.10. The lowest BCUT2D eigenvalue weighted by atomic mass is 10.0. The first-order valence-electron chi connectivity index (χ1n) is 7.56. The standard InChI is InChI=1S/C18H15NO4S/c20-18(12-5-6-15-16(9-12)23-11-22-15)19-10-13(14-3-1-7-21-14)17-4-2-8-24-17/h1-9,13H,10-11H2,(H,19,20)/t13-/m0/s1. The fourth-order valence-electron chi connectivity index (χ4n) is 2.66. The maximum Gasteiger partial charge on any atom is 0.251 e. The highest BCUT2D eigenvalue weighted by atomic mass is 32.1. The molecule has 0 bridgehead atoms. The largest absolute Gasteiger partial charge is 0.469 e. The summed E-state index contributed by atoms with van der Waals surface area (Å²) in [6, 6.07) is 13.0. The van der Waals surface area contributed by atoms with Gasteiger partial charge in [0, 0.05) is 17.0 Å². The van der Waals surface area contributed by atoms with Crippen molar-refractivity contribution < 1.29 is 18.7 Å². The van der Waals surface area contributed by atoms with E-state index in [0.717, 1.165) is 10.6 Å². The predicted octanol–water partition coefficient (Wildman–Crippen LogP) is 3.63. The Bertz CT molecular complexity index is 793. The summed E-state index contributed by atoms with van der Waals surface area (Å²) in [6.45, 7) is 0.653. The van der Waals surface area contributed by atoms with Crippen LogP contribution in [0.3, 0.4) is 0 Å². The monoisotopic (exact) mass is 341 g/mol. The van der Waals surface area contributed by atoms with Crippen molar-refractivity contribution in [1.82, 2.24) is 5.32 Å². The zero-order valence-corrected chi connectivity index (χ0v) is 13.5. The first-order valence-corrected chi connectivity index (χ1v) is 8.44. The van der Waals surface area contributed by atoms with Crippen molar-refractivity contribution in [3.05, 3.63) is 70.3 Å². The second-order valence-electron chi connectivity index (χ2n) is 5.36. The summed E-state index contributed by atoms with van der Waals surface area (Å²) in [5, 5.41) is 5.00. The summed E-state index contributed by atoms with van der Waals surface area (Å²) in [7, 11) is 0. The molecule has 3 aromatic rings. The molecule has 24 heavy (non-hydrogen) atoms. The van der Waals surface area contributed by atoms with Gasteiger partial charge in [0.1, 0.15) is 5.76 Å². The molecule has 0 radical (unpaired) electrons. The van der Waals surface area contributed by atoms with Crippen LogP contribution in [-0.2, 0) is 0 Å². The number of amides is 1. The first kappa shape index (κ1) is 14.8. The molecule has 0 saturated heterocycles. The van der Waals surface area contributed by atoms with Crippen LogP contribution in [-0.4, -0.2) is 19.2 Å². The average molecular weight is 341 g/mol. The molecule has 3 heterocycles. The van der Waals surface area contributed by atoms with Crippen LogP contribution in [0.1, 0.15) is 26.9 Å². The third-order valence-electron chi connectivity index (χ3n) is 3.87. The number of benzene rings is 1. The third-order valence-corrected chi connectivity index (χ3v) is 4.86. The molecule has 1 aliphatic rings. The number of fused-ring (bicyclic) bond motifs is 1. The highest BCUT2D eigenvalue weighted by Gasteiger charge is 2.21. The van der Waals surface area contributed by atoms with E-state index in [1.807, 2.05) is 29.6 Å². The molecule has 122 valence electrons. The zero-order valence-electron chi connectivity index (χ0n) is 12.7. The maximum absolute atomic E-state index is 12.5. The zero-order chi connectivity index (χ0) is 16.4. The molecule has 2 aromatic heterocycles. The van der Waals surface area contributed by atoms with Crippen molar-refractivity contribution in [1.29, 1.82) is 0 Å². The Kier molecular flexibility index (Phi) is 3.96. The first-order chi connectivity index (χ1) is 11.8. The van der Waals surface area contributed by atoms with Crippen LogP contribution in [0.2, 0.25) is 0 Å². The second-order valence-corrected chi connectivity index (χ2v) is 6.34. The Hall–Kier alpha value is -2.73. The van der Waals surface area contributed by atoms with Gasteiger partial charge in [-0.25, -0.2) is 0 Å². The summed E-state index contributed by atoms with van der Waals surface area (Å²) >= 11 is 1.65. The fraction of sp³-hybridized carbons (Fsp3) is 0.167. The summed E-state index contributed by atoms with van der Waals surface area (Å²) in [6.07, 6.45) is 1.65. The molecule has 0 unspecified atom stereocenters. The third kappa shape index (κ3) is 2.88. The lowest BCUT2D eigenvalue weighted by Gasteiger charge is -2.14. The van der Waals surface area contributed by atoms with E-state index in [1.54, 1.807) is 35.8 Å². The number of nitrogens with one attached hydrogen (secondary N) is 1. The van der Waals surface area contributed by atoms with Gasteiger partial charge in [-0.3, -0.25) is 4.79 Å². The van der Waals surface area contributed by atoms with Gasteiger partial charge in [0.15, 0.2) is 11.5 Å². The van der Waals surface area contributed by atoms with Crippen molar-refractivity contribution in [3.63, 3.8) is 0 Å². The number of carbonyl (C=O) groups excluding carboxylic acids is 1. The number of rotatable bonds is 5. The van der Waals surface area contributed by atoms with Crippen molar-refractivity contribution in [3.8, 4) is 11.5 Å². The van der Waals surface area contributed by atoms with Gasteiger partial charge in [-0.1, -0.05) is 6.07 Å². The number of ether oxygens (including phenoxy) is 2.